The highest BCUT2D eigenvalue weighted by molar-refractivity contribution is 7.98. The summed E-state index contributed by atoms with van der Waals surface area (Å²) in [6, 6.07) is -4.69. The topological polar surface area (TPSA) is 214 Å². The van der Waals surface area contributed by atoms with Crippen LogP contribution >= 0.6 is 23.5 Å². The zero-order valence-electron chi connectivity index (χ0n) is 18.2. The zero-order valence-corrected chi connectivity index (χ0v) is 19.8. The van der Waals surface area contributed by atoms with Gasteiger partial charge >= 0.3 is 5.97 Å². The van der Waals surface area contributed by atoms with Crippen LogP contribution in [0.1, 0.15) is 25.7 Å². The average Bonchev–Trinajstić information content (AvgIpc) is 2.74. The molecule has 0 saturated carbocycles. The molecule has 184 valence electrons. The Hall–Kier alpha value is -2.03. The summed E-state index contributed by atoms with van der Waals surface area (Å²) in [4.78, 5) is 59.6. The van der Waals surface area contributed by atoms with E-state index in [9.17, 15) is 34.2 Å². The number of carbonyl (C=O) groups is 5. The molecule has 4 atom stereocenters. The van der Waals surface area contributed by atoms with E-state index in [-0.39, 0.29) is 19.3 Å². The first-order valence-electron chi connectivity index (χ1n) is 9.83. The van der Waals surface area contributed by atoms with Crippen LogP contribution in [0.25, 0.3) is 0 Å². The fourth-order valence-corrected chi connectivity index (χ4v) is 3.40. The van der Waals surface area contributed by atoms with Gasteiger partial charge in [-0.05, 0) is 43.3 Å². The monoisotopic (exact) mass is 495 g/mol. The predicted octanol–water partition coefficient (Wildman–Crippen LogP) is -2.38. The van der Waals surface area contributed by atoms with E-state index >= 15 is 0 Å². The Morgan fingerprint density at radius 1 is 0.812 bits per heavy atom. The summed E-state index contributed by atoms with van der Waals surface area (Å²) in [6.07, 6.45) is 3.75. The summed E-state index contributed by atoms with van der Waals surface area (Å²) < 4.78 is 0. The number of carboxylic acids is 1. The van der Waals surface area contributed by atoms with Crippen LogP contribution in [0.2, 0.25) is 0 Å². The van der Waals surface area contributed by atoms with Crippen LogP contribution in [0.15, 0.2) is 0 Å². The van der Waals surface area contributed by atoms with E-state index in [2.05, 4.69) is 16.0 Å². The minimum atomic E-state index is -1.37. The first-order valence-corrected chi connectivity index (χ1v) is 12.6. The van der Waals surface area contributed by atoms with Gasteiger partial charge in [0.05, 0.1) is 12.6 Å². The largest absolute Gasteiger partial charge is 0.480 e. The van der Waals surface area contributed by atoms with Crippen LogP contribution in [0.4, 0.5) is 0 Å². The molecule has 12 nitrogen and oxygen atoms in total. The molecular formula is C18H33N5O7S2. The van der Waals surface area contributed by atoms with Crippen LogP contribution in [-0.4, -0.2) is 94.6 Å². The van der Waals surface area contributed by atoms with E-state index in [1.165, 1.54) is 23.5 Å². The second kappa shape index (κ2) is 16.6. The highest BCUT2D eigenvalue weighted by atomic mass is 32.2. The Labute approximate surface area is 195 Å². The molecule has 0 bridgehead atoms. The van der Waals surface area contributed by atoms with Crippen molar-refractivity contribution in [1.82, 2.24) is 16.0 Å². The Morgan fingerprint density at radius 2 is 1.31 bits per heavy atom. The van der Waals surface area contributed by atoms with Crippen LogP contribution in [-0.2, 0) is 24.0 Å². The van der Waals surface area contributed by atoms with Crippen molar-refractivity contribution in [2.45, 2.75) is 49.9 Å². The third kappa shape index (κ3) is 12.1. The molecule has 0 radical (unpaired) electrons. The van der Waals surface area contributed by atoms with Gasteiger partial charge in [-0.25, -0.2) is 4.79 Å². The number of nitrogens with one attached hydrogen (secondary N) is 3. The summed E-state index contributed by atoms with van der Waals surface area (Å²) in [5, 5.41) is 25.8. The summed E-state index contributed by atoms with van der Waals surface area (Å²) >= 11 is 2.91. The molecule has 4 amide bonds. The molecule has 0 aromatic rings. The van der Waals surface area contributed by atoms with Gasteiger partial charge in [0.15, 0.2) is 0 Å². The highest BCUT2D eigenvalue weighted by Crippen LogP contribution is 2.05. The Bertz CT molecular complexity index is 653. The lowest BCUT2D eigenvalue weighted by molar-refractivity contribution is -0.142. The first kappa shape index (κ1) is 30.0. The number of aliphatic carboxylic acids is 1. The third-order valence-electron chi connectivity index (χ3n) is 4.32. The number of thioether (sulfide) groups is 2. The third-order valence-corrected chi connectivity index (χ3v) is 5.61. The Balaban J connectivity index is 5.18. The van der Waals surface area contributed by atoms with Crippen molar-refractivity contribution >= 4 is 53.1 Å². The van der Waals surface area contributed by atoms with Gasteiger partial charge in [-0.15, -0.1) is 0 Å². The maximum absolute atomic E-state index is 12.6. The van der Waals surface area contributed by atoms with E-state index in [4.69, 9.17) is 11.5 Å². The van der Waals surface area contributed by atoms with Crippen molar-refractivity contribution in [2.75, 3.05) is 30.6 Å². The summed E-state index contributed by atoms with van der Waals surface area (Å²) in [7, 11) is 0. The van der Waals surface area contributed by atoms with Gasteiger partial charge < -0.3 is 37.6 Å². The molecule has 0 aliphatic carbocycles. The standard InChI is InChI=1S/C18H33N5O7S2/c1-31-7-5-10(19)15(26)23-13(9-24)17(28)21-11(6-8-32-2)16(27)22-12(18(29)30)3-4-14(20)25/h10-13,24H,3-9,19H2,1-2H3,(H2,20,25)(H,21,28)(H,22,27)(H,23,26)(H,29,30). The van der Waals surface area contributed by atoms with Gasteiger partial charge in [-0.2, -0.15) is 23.5 Å². The van der Waals surface area contributed by atoms with E-state index in [1.54, 1.807) is 6.26 Å². The van der Waals surface area contributed by atoms with Gasteiger partial charge in [-0.3, -0.25) is 19.2 Å². The fraction of sp³-hybridized carbons (Fsp3) is 0.722. The van der Waals surface area contributed by atoms with Crippen molar-refractivity contribution in [3.05, 3.63) is 0 Å². The number of hydrogen-bond donors (Lipinski definition) is 7. The molecule has 0 rings (SSSR count). The van der Waals surface area contributed by atoms with Crippen molar-refractivity contribution in [1.29, 1.82) is 0 Å². The molecule has 32 heavy (non-hydrogen) atoms. The van der Waals surface area contributed by atoms with Gasteiger partial charge in [-0.1, -0.05) is 0 Å². The SMILES string of the molecule is CSCCC(N)C(=O)NC(CO)C(=O)NC(CCSC)C(=O)NC(CCC(N)=O)C(=O)O. The molecule has 0 aromatic heterocycles. The van der Waals surface area contributed by atoms with E-state index in [1.807, 2.05) is 6.26 Å². The predicted molar refractivity (Wildman–Crippen MR) is 123 cm³/mol. The smallest absolute Gasteiger partial charge is 0.326 e. The van der Waals surface area contributed by atoms with Gasteiger partial charge in [0.25, 0.3) is 0 Å². The molecule has 4 unspecified atom stereocenters. The number of rotatable bonds is 17. The Kier molecular flexibility index (Phi) is 15.5. The minimum absolute atomic E-state index is 0.167. The molecule has 0 aliphatic heterocycles. The lowest BCUT2D eigenvalue weighted by atomic mass is 10.1. The number of carbonyl (C=O) groups excluding carboxylic acids is 4. The molecular weight excluding hydrogens is 462 g/mol. The number of primary amides is 1. The highest BCUT2D eigenvalue weighted by Gasteiger charge is 2.30. The van der Waals surface area contributed by atoms with Crippen molar-refractivity contribution in [2.24, 2.45) is 11.5 Å². The van der Waals surface area contributed by atoms with Crippen molar-refractivity contribution in [3.8, 4) is 0 Å². The fourth-order valence-electron chi connectivity index (χ4n) is 2.44. The van der Waals surface area contributed by atoms with Gasteiger partial charge in [0.2, 0.25) is 23.6 Å². The molecule has 9 N–H and O–H groups in total. The van der Waals surface area contributed by atoms with Crippen LogP contribution in [0.5, 0.6) is 0 Å². The van der Waals surface area contributed by atoms with Crippen molar-refractivity contribution < 1.29 is 34.2 Å². The lowest BCUT2D eigenvalue weighted by Gasteiger charge is -2.24. The number of nitrogens with two attached hydrogens (primary N) is 2. The van der Waals surface area contributed by atoms with Crippen LogP contribution in [0, 0.1) is 0 Å². The maximum Gasteiger partial charge on any atom is 0.326 e. The van der Waals surface area contributed by atoms with Gasteiger partial charge in [0, 0.05) is 6.42 Å². The molecule has 0 aliphatic rings. The van der Waals surface area contributed by atoms with Gasteiger partial charge in [0.1, 0.15) is 18.1 Å². The first-order chi connectivity index (χ1) is 15.1. The average molecular weight is 496 g/mol. The number of aliphatic hydroxyl groups excluding tert-OH is 1. The lowest BCUT2D eigenvalue weighted by Crippen LogP contribution is -2.58. The summed E-state index contributed by atoms with van der Waals surface area (Å²) in [5.74, 6) is -3.16. The quantitative estimate of drug-likeness (QED) is 0.114. The second-order valence-electron chi connectivity index (χ2n) is 6.88. The molecule has 0 aromatic carbocycles. The number of hydrogen-bond acceptors (Lipinski definition) is 9. The molecule has 0 heterocycles. The van der Waals surface area contributed by atoms with E-state index in [0.29, 0.717) is 17.9 Å². The molecule has 14 heteroatoms. The van der Waals surface area contributed by atoms with E-state index < -0.39 is 60.4 Å². The Morgan fingerprint density at radius 3 is 1.81 bits per heavy atom. The molecule has 0 saturated heterocycles. The normalized spacial score (nSPS) is 14.5. The summed E-state index contributed by atoms with van der Waals surface area (Å²) in [6.45, 7) is -0.722. The van der Waals surface area contributed by atoms with Crippen molar-refractivity contribution in [3.63, 3.8) is 0 Å². The van der Waals surface area contributed by atoms with Crippen LogP contribution in [0.3, 0.4) is 0 Å². The minimum Gasteiger partial charge on any atom is -0.480 e. The molecule has 0 spiro atoms. The second-order valence-corrected chi connectivity index (χ2v) is 8.85. The zero-order chi connectivity index (χ0) is 24.7. The number of carboxylic acid groups (broad SMARTS) is 1. The number of aliphatic hydroxyl groups is 1. The summed E-state index contributed by atoms with van der Waals surface area (Å²) in [5.41, 5.74) is 10.8. The molecule has 0 fully saturated rings. The van der Waals surface area contributed by atoms with E-state index in [0.717, 1.165) is 0 Å². The number of amides is 4. The van der Waals surface area contributed by atoms with Crippen LogP contribution < -0.4 is 27.4 Å². The maximum atomic E-state index is 12.6.